The van der Waals surface area contributed by atoms with Gasteiger partial charge in [0, 0.05) is 6.54 Å². The van der Waals surface area contributed by atoms with Gasteiger partial charge in [-0.3, -0.25) is 4.79 Å². The number of carbonyl (C=O) groups excluding carboxylic acids is 1. The molecule has 0 aromatic heterocycles. The molecule has 0 saturated heterocycles. The van der Waals surface area contributed by atoms with Gasteiger partial charge < -0.3 is 10.4 Å². The third kappa shape index (κ3) is 2.09. The Morgan fingerprint density at radius 3 is 2.46 bits per heavy atom. The second-order valence-electron chi connectivity index (χ2n) is 3.77. The van der Waals surface area contributed by atoms with Gasteiger partial charge in [0.1, 0.15) is 4.33 Å². The van der Waals surface area contributed by atoms with Crippen molar-refractivity contribution in [3.05, 3.63) is 0 Å². The maximum Gasteiger partial charge on any atom is 0.229 e. The number of halogens is 2. The zero-order chi connectivity index (χ0) is 10.3. The van der Waals surface area contributed by atoms with Crippen LogP contribution in [0, 0.1) is 5.41 Å². The molecule has 3 nitrogen and oxygen atoms in total. The standard InChI is InChI=1S/C8H13Cl2NO2/c1-5(12)3-11-6(13)7(2)4-8(7,9)10/h5,12H,3-4H2,1-2H3,(H,11,13)/t5-,7?/m0/s1. The fraction of sp³-hybridized carbons (Fsp3) is 0.875. The number of aliphatic hydroxyl groups excluding tert-OH is 1. The molecule has 0 heterocycles. The molecular formula is C8H13Cl2NO2. The van der Waals surface area contributed by atoms with Gasteiger partial charge in [-0.1, -0.05) is 0 Å². The van der Waals surface area contributed by atoms with Crippen LogP contribution < -0.4 is 5.32 Å². The Kier molecular flexibility index (Phi) is 2.81. The predicted molar refractivity (Wildman–Crippen MR) is 51.9 cm³/mol. The van der Waals surface area contributed by atoms with E-state index in [4.69, 9.17) is 28.3 Å². The number of carbonyl (C=O) groups is 1. The van der Waals surface area contributed by atoms with Gasteiger partial charge in [0.15, 0.2) is 0 Å². The monoisotopic (exact) mass is 225 g/mol. The van der Waals surface area contributed by atoms with Crippen molar-refractivity contribution in [1.29, 1.82) is 0 Å². The molecule has 2 N–H and O–H groups in total. The van der Waals surface area contributed by atoms with Crippen LogP contribution in [0.1, 0.15) is 20.3 Å². The lowest BCUT2D eigenvalue weighted by molar-refractivity contribution is -0.126. The van der Waals surface area contributed by atoms with Gasteiger partial charge in [-0.25, -0.2) is 0 Å². The summed E-state index contributed by atoms with van der Waals surface area (Å²) in [6, 6.07) is 0. The van der Waals surface area contributed by atoms with E-state index in [1.54, 1.807) is 13.8 Å². The first-order chi connectivity index (χ1) is 5.79. The first kappa shape index (κ1) is 11.1. The Morgan fingerprint density at radius 1 is 1.69 bits per heavy atom. The number of alkyl halides is 2. The van der Waals surface area contributed by atoms with Crippen LogP contribution in [-0.2, 0) is 4.79 Å². The third-order valence-corrected chi connectivity index (χ3v) is 3.42. The molecule has 0 bridgehead atoms. The number of rotatable bonds is 3. The SMILES string of the molecule is C[C@H](O)CNC(=O)C1(C)CC1(Cl)Cl. The van der Waals surface area contributed by atoms with E-state index in [2.05, 4.69) is 5.32 Å². The van der Waals surface area contributed by atoms with E-state index in [0.717, 1.165) is 0 Å². The second-order valence-corrected chi connectivity index (χ2v) is 5.26. The molecule has 5 heteroatoms. The Morgan fingerprint density at radius 2 is 2.15 bits per heavy atom. The van der Waals surface area contributed by atoms with Gasteiger partial charge in [-0.15, -0.1) is 23.2 Å². The van der Waals surface area contributed by atoms with Crippen LogP contribution in [-0.4, -0.2) is 28.0 Å². The lowest BCUT2D eigenvalue weighted by atomic mass is 10.1. The van der Waals surface area contributed by atoms with Crippen LogP contribution in [0.5, 0.6) is 0 Å². The minimum absolute atomic E-state index is 0.196. The smallest absolute Gasteiger partial charge is 0.229 e. The summed E-state index contributed by atoms with van der Waals surface area (Å²) in [5.74, 6) is -0.196. The molecule has 0 aliphatic heterocycles. The van der Waals surface area contributed by atoms with Crippen LogP contribution in [0.3, 0.4) is 0 Å². The highest BCUT2D eigenvalue weighted by molar-refractivity contribution is 6.53. The molecule has 1 amide bonds. The Hall–Kier alpha value is 0.01000. The van der Waals surface area contributed by atoms with Crippen molar-refractivity contribution < 1.29 is 9.90 Å². The van der Waals surface area contributed by atoms with E-state index in [1.807, 2.05) is 0 Å². The van der Waals surface area contributed by atoms with Crippen LogP contribution in [0.2, 0.25) is 0 Å². The summed E-state index contributed by atoms with van der Waals surface area (Å²) in [5.41, 5.74) is -0.689. The maximum absolute atomic E-state index is 11.5. The van der Waals surface area contributed by atoms with E-state index >= 15 is 0 Å². The summed E-state index contributed by atoms with van der Waals surface area (Å²) in [7, 11) is 0. The molecule has 1 rings (SSSR count). The Bertz CT molecular complexity index is 230. The van der Waals surface area contributed by atoms with Crippen molar-refractivity contribution >= 4 is 29.1 Å². The Labute approximate surface area is 87.4 Å². The van der Waals surface area contributed by atoms with Crippen molar-refractivity contribution in [2.24, 2.45) is 5.41 Å². The van der Waals surface area contributed by atoms with E-state index in [9.17, 15) is 4.79 Å². The summed E-state index contributed by atoms with van der Waals surface area (Å²) >= 11 is 11.6. The molecule has 0 radical (unpaired) electrons. The molecule has 76 valence electrons. The number of hydrogen-bond donors (Lipinski definition) is 2. The second kappa shape index (κ2) is 3.30. The highest BCUT2D eigenvalue weighted by Gasteiger charge is 2.67. The van der Waals surface area contributed by atoms with E-state index in [1.165, 1.54) is 0 Å². The van der Waals surface area contributed by atoms with E-state index in [-0.39, 0.29) is 12.5 Å². The van der Waals surface area contributed by atoms with Crippen LogP contribution in [0.15, 0.2) is 0 Å². The van der Waals surface area contributed by atoms with Crippen LogP contribution in [0.4, 0.5) is 0 Å². The Balaban J connectivity index is 2.42. The van der Waals surface area contributed by atoms with Gasteiger partial charge in [0.2, 0.25) is 5.91 Å². The number of amides is 1. The molecule has 1 aliphatic rings. The highest BCUT2D eigenvalue weighted by Crippen LogP contribution is 2.63. The lowest BCUT2D eigenvalue weighted by Crippen LogP contribution is -2.37. The summed E-state index contributed by atoms with van der Waals surface area (Å²) in [6.45, 7) is 3.55. The molecule has 1 unspecified atom stereocenters. The van der Waals surface area contributed by atoms with Crippen molar-refractivity contribution in [1.82, 2.24) is 5.32 Å². The van der Waals surface area contributed by atoms with Crippen molar-refractivity contribution in [3.8, 4) is 0 Å². The minimum atomic E-state index is -0.935. The normalized spacial score (nSPS) is 32.4. The molecule has 0 spiro atoms. The average Bonchev–Trinajstić information content (AvgIpc) is 2.48. The molecule has 1 fully saturated rings. The van der Waals surface area contributed by atoms with Crippen LogP contribution >= 0.6 is 23.2 Å². The molecular weight excluding hydrogens is 213 g/mol. The summed E-state index contributed by atoms with van der Waals surface area (Å²) < 4.78 is -0.935. The van der Waals surface area contributed by atoms with E-state index < -0.39 is 15.9 Å². The fourth-order valence-corrected chi connectivity index (χ4v) is 1.79. The molecule has 1 saturated carbocycles. The number of aliphatic hydroxyl groups is 1. The van der Waals surface area contributed by atoms with Gasteiger partial charge >= 0.3 is 0 Å². The summed E-state index contributed by atoms with van der Waals surface area (Å²) in [4.78, 5) is 11.5. The van der Waals surface area contributed by atoms with Crippen LogP contribution in [0.25, 0.3) is 0 Å². The number of nitrogens with one attached hydrogen (secondary N) is 1. The first-order valence-electron chi connectivity index (χ1n) is 4.14. The quantitative estimate of drug-likeness (QED) is 0.707. The summed E-state index contributed by atoms with van der Waals surface area (Å²) in [6.07, 6.45) is -0.0827. The van der Waals surface area contributed by atoms with Gasteiger partial charge in [-0.2, -0.15) is 0 Å². The molecule has 0 aromatic carbocycles. The zero-order valence-corrected chi connectivity index (χ0v) is 9.11. The summed E-state index contributed by atoms with van der Waals surface area (Å²) in [5, 5.41) is 11.5. The molecule has 13 heavy (non-hydrogen) atoms. The predicted octanol–water partition coefficient (Wildman–Crippen LogP) is 1.07. The topological polar surface area (TPSA) is 49.3 Å². The van der Waals surface area contributed by atoms with Gasteiger partial charge in [0.05, 0.1) is 11.5 Å². The zero-order valence-electron chi connectivity index (χ0n) is 7.60. The van der Waals surface area contributed by atoms with Gasteiger partial charge in [-0.05, 0) is 20.3 Å². The minimum Gasteiger partial charge on any atom is -0.392 e. The average molecular weight is 226 g/mol. The van der Waals surface area contributed by atoms with Gasteiger partial charge in [0.25, 0.3) is 0 Å². The van der Waals surface area contributed by atoms with Crippen molar-refractivity contribution in [3.63, 3.8) is 0 Å². The van der Waals surface area contributed by atoms with Crippen molar-refractivity contribution in [2.75, 3.05) is 6.54 Å². The number of hydrogen-bond acceptors (Lipinski definition) is 2. The largest absolute Gasteiger partial charge is 0.392 e. The van der Waals surface area contributed by atoms with Crippen molar-refractivity contribution in [2.45, 2.75) is 30.7 Å². The third-order valence-electron chi connectivity index (χ3n) is 2.32. The lowest BCUT2D eigenvalue weighted by Gasteiger charge is -2.13. The van der Waals surface area contributed by atoms with E-state index in [0.29, 0.717) is 6.42 Å². The molecule has 1 aliphatic carbocycles. The first-order valence-corrected chi connectivity index (χ1v) is 4.89. The molecule has 0 aromatic rings. The fourth-order valence-electron chi connectivity index (χ4n) is 1.08. The molecule has 2 atom stereocenters. The highest BCUT2D eigenvalue weighted by atomic mass is 35.5. The maximum atomic E-state index is 11.5.